The summed E-state index contributed by atoms with van der Waals surface area (Å²) in [5.41, 5.74) is -0.694. The number of aliphatic hydroxyl groups is 1. The van der Waals surface area contributed by atoms with Gasteiger partial charge in [-0.05, 0) is 18.2 Å². The summed E-state index contributed by atoms with van der Waals surface area (Å²) in [6.45, 7) is 0. The first-order chi connectivity index (χ1) is 7.47. The van der Waals surface area contributed by atoms with E-state index in [4.69, 9.17) is 0 Å². The lowest BCUT2D eigenvalue weighted by Crippen LogP contribution is -2.13. The number of aliphatic hydroxyl groups excluding tert-OH is 1. The number of rotatable bonds is 3. The second-order valence-corrected chi connectivity index (χ2v) is 3.04. The zero-order valence-electron chi connectivity index (χ0n) is 8.35. The normalized spacial score (nSPS) is 12.6. The molecule has 0 aromatic heterocycles. The van der Waals surface area contributed by atoms with E-state index in [0.717, 1.165) is 25.3 Å². The van der Waals surface area contributed by atoms with Crippen LogP contribution in [0, 0.1) is 0 Å². The van der Waals surface area contributed by atoms with E-state index in [1.807, 2.05) is 0 Å². The molecule has 6 heteroatoms. The van der Waals surface area contributed by atoms with Gasteiger partial charge in [0, 0.05) is 11.1 Å². The smallest absolute Gasteiger partial charge is 0.339 e. The number of benzene rings is 1. The van der Waals surface area contributed by atoms with Gasteiger partial charge in [-0.25, -0.2) is 13.6 Å². The van der Waals surface area contributed by atoms with Gasteiger partial charge in [-0.15, -0.1) is 0 Å². The lowest BCUT2D eigenvalue weighted by molar-refractivity contribution is -0.150. The van der Waals surface area contributed by atoms with Crippen molar-refractivity contribution in [3.8, 4) is 5.75 Å². The Labute approximate surface area is 90.1 Å². The maximum atomic E-state index is 12.3. The molecule has 0 heterocycles. The largest absolute Gasteiger partial charge is 0.508 e. The monoisotopic (exact) mass is 232 g/mol. The van der Waals surface area contributed by atoms with E-state index in [1.54, 1.807) is 0 Å². The van der Waals surface area contributed by atoms with Crippen LogP contribution in [0.2, 0.25) is 0 Å². The zero-order chi connectivity index (χ0) is 12.3. The number of hydrogen-bond acceptors (Lipinski definition) is 4. The van der Waals surface area contributed by atoms with Crippen molar-refractivity contribution in [1.29, 1.82) is 0 Å². The molecule has 0 fully saturated rings. The number of carbonyl (C=O) groups is 1. The van der Waals surface area contributed by atoms with Gasteiger partial charge < -0.3 is 14.9 Å². The van der Waals surface area contributed by atoms with Crippen molar-refractivity contribution in [1.82, 2.24) is 0 Å². The highest BCUT2D eigenvalue weighted by molar-refractivity contribution is 5.77. The molecule has 1 unspecified atom stereocenters. The number of carbonyl (C=O) groups excluding carboxylic acids is 1. The molecule has 1 atom stereocenters. The molecule has 0 saturated heterocycles. The SMILES string of the molecule is COC(=O)C(O)c1cc(C(F)F)ccc1O. The van der Waals surface area contributed by atoms with Gasteiger partial charge in [0.05, 0.1) is 7.11 Å². The van der Waals surface area contributed by atoms with E-state index in [-0.39, 0.29) is 5.56 Å². The number of hydrogen-bond donors (Lipinski definition) is 2. The maximum Gasteiger partial charge on any atom is 0.339 e. The highest BCUT2D eigenvalue weighted by Crippen LogP contribution is 2.29. The summed E-state index contributed by atoms with van der Waals surface area (Å²) in [7, 11) is 1.04. The third-order valence-corrected chi connectivity index (χ3v) is 2.02. The van der Waals surface area contributed by atoms with Gasteiger partial charge in [0.2, 0.25) is 0 Å². The number of aromatic hydroxyl groups is 1. The summed E-state index contributed by atoms with van der Waals surface area (Å²) in [5, 5.41) is 18.7. The van der Waals surface area contributed by atoms with Crippen molar-refractivity contribution in [3.05, 3.63) is 29.3 Å². The molecule has 0 amide bonds. The summed E-state index contributed by atoms with van der Waals surface area (Å²) >= 11 is 0. The van der Waals surface area contributed by atoms with Crippen molar-refractivity contribution in [3.63, 3.8) is 0 Å². The average molecular weight is 232 g/mol. The first kappa shape index (κ1) is 12.4. The lowest BCUT2D eigenvalue weighted by atomic mass is 10.0. The van der Waals surface area contributed by atoms with Crippen molar-refractivity contribution in [2.24, 2.45) is 0 Å². The molecule has 1 aromatic rings. The van der Waals surface area contributed by atoms with E-state index in [0.29, 0.717) is 0 Å². The van der Waals surface area contributed by atoms with E-state index < -0.39 is 29.8 Å². The van der Waals surface area contributed by atoms with Crippen LogP contribution in [0.15, 0.2) is 18.2 Å². The van der Waals surface area contributed by atoms with E-state index in [1.165, 1.54) is 0 Å². The second-order valence-electron chi connectivity index (χ2n) is 3.04. The van der Waals surface area contributed by atoms with Gasteiger partial charge in [-0.3, -0.25) is 0 Å². The van der Waals surface area contributed by atoms with Crippen molar-refractivity contribution in [2.45, 2.75) is 12.5 Å². The Morgan fingerprint density at radius 3 is 2.56 bits per heavy atom. The Morgan fingerprint density at radius 1 is 1.44 bits per heavy atom. The Balaban J connectivity index is 3.11. The minimum absolute atomic E-state index is 0.301. The first-order valence-electron chi connectivity index (χ1n) is 4.34. The summed E-state index contributed by atoms with van der Waals surface area (Å²) < 4.78 is 28.9. The van der Waals surface area contributed by atoms with Gasteiger partial charge in [-0.2, -0.15) is 0 Å². The van der Waals surface area contributed by atoms with Crippen LogP contribution in [0.5, 0.6) is 5.75 Å². The van der Waals surface area contributed by atoms with E-state index in [2.05, 4.69) is 4.74 Å². The van der Waals surface area contributed by atoms with Crippen LogP contribution in [0.1, 0.15) is 23.7 Å². The first-order valence-corrected chi connectivity index (χ1v) is 4.34. The van der Waals surface area contributed by atoms with Gasteiger partial charge >= 0.3 is 5.97 Å². The van der Waals surface area contributed by atoms with E-state index >= 15 is 0 Å². The van der Waals surface area contributed by atoms with Crippen LogP contribution in [0.25, 0.3) is 0 Å². The molecular weight excluding hydrogens is 222 g/mol. The van der Waals surface area contributed by atoms with Crippen LogP contribution >= 0.6 is 0 Å². The van der Waals surface area contributed by atoms with Crippen LogP contribution in [0.4, 0.5) is 8.78 Å². The summed E-state index contributed by atoms with van der Waals surface area (Å²) in [4.78, 5) is 11.0. The summed E-state index contributed by atoms with van der Waals surface area (Å²) in [6, 6.07) is 2.86. The number of phenols is 1. The average Bonchev–Trinajstić information content (AvgIpc) is 2.27. The third kappa shape index (κ3) is 2.46. The Morgan fingerprint density at radius 2 is 2.06 bits per heavy atom. The summed E-state index contributed by atoms with van der Waals surface area (Å²) in [5.74, 6) is -1.47. The molecule has 0 aliphatic rings. The second kappa shape index (κ2) is 4.89. The number of methoxy groups -OCH3 is 1. The van der Waals surface area contributed by atoms with Gasteiger partial charge in [-0.1, -0.05) is 0 Å². The molecule has 0 spiro atoms. The highest BCUT2D eigenvalue weighted by Gasteiger charge is 2.22. The third-order valence-electron chi connectivity index (χ3n) is 2.02. The number of alkyl halides is 2. The standard InChI is InChI=1S/C10H10F2O4/c1-16-10(15)8(14)6-4-5(9(11)12)2-3-7(6)13/h2-4,8-9,13-14H,1H3. The maximum absolute atomic E-state index is 12.3. The summed E-state index contributed by atoms with van der Waals surface area (Å²) in [6.07, 6.45) is -4.52. The van der Waals surface area contributed by atoms with Crippen LogP contribution in [-0.4, -0.2) is 23.3 Å². The van der Waals surface area contributed by atoms with Crippen molar-refractivity contribution < 1.29 is 28.5 Å². The zero-order valence-corrected chi connectivity index (χ0v) is 8.35. The van der Waals surface area contributed by atoms with Crippen LogP contribution < -0.4 is 0 Å². The van der Waals surface area contributed by atoms with Gasteiger partial charge in [0.1, 0.15) is 5.75 Å². The molecule has 2 N–H and O–H groups in total. The van der Waals surface area contributed by atoms with Crippen molar-refractivity contribution in [2.75, 3.05) is 7.11 Å². The van der Waals surface area contributed by atoms with Crippen molar-refractivity contribution >= 4 is 5.97 Å². The Hall–Kier alpha value is -1.69. The topological polar surface area (TPSA) is 66.8 Å². The van der Waals surface area contributed by atoms with E-state index in [9.17, 15) is 23.8 Å². The number of halogens is 2. The minimum atomic E-state index is -2.75. The minimum Gasteiger partial charge on any atom is -0.508 e. The number of esters is 1. The Bertz CT molecular complexity index is 392. The highest BCUT2D eigenvalue weighted by atomic mass is 19.3. The van der Waals surface area contributed by atoms with Gasteiger partial charge in [0.25, 0.3) is 6.43 Å². The molecule has 4 nitrogen and oxygen atoms in total. The molecule has 0 aliphatic heterocycles. The predicted molar refractivity (Wildman–Crippen MR) is 50.0 cm³/mol. The van der Waals surface area contributed by atoms with Crippen LogP contribution in [-0.2, 0) is 9.53 Å². The number of phenolic OH excluding ortho intramolecular Hbond substituents is 1. The molecule has 16 heavy (non-hydrogen) atoms. The van der Waals surface area contributed by atoms with Crippen LogP contribution in [0.3, 0.4) is 0 Å². The molecule has 1 aromatic carbocycles. The molecule has 0 saturated carbocycles. The molecule has 88 valence electrons. The molecule has 0 aliphatic carbocycles. The predicted octanol–water partition coefficient (Wildman–Crippen LogP) is 1.54. The quantitative estimate of drug-likeness (QED) is 0.775. The number of ether oxygens (including phenoxy) is 1. The molecule has 0 radical (unpaired) electrons. The van der Waals surface area contributed by atoms with Gasteiger partial charge in [0.15, 0.2) is 6.10 Å². The fraction of sp³-hybridized carbons (Fsp3) is 0.300. The molecule has 0 bridgehead atoms. The molecular formula is C10H10F2O4. The molecule has 1 rings (SSSR count). The fourth-order valence-corrected chi connectivity index (χ4v) is 1.17. The Kier molecular flexibility index (Phi) is 3.78. The fourth-order valence-electron chi connectivity index (χ4n) is 1.17. The lowest BCUT2D eigenvalue weighted by Gasteiger charge is -2.11.